The standard InChI is InChI=1S/C10H12O8/c1-3-9(5(11)12,6(13)14)4(2)10(3,7(15)16)8(17)18/h3-4H,1-2H3,(H,11,12)(H,13,14)(H,15,16)(H,17,18). The highest BCUT2D eigenvalue weighted by Gasteiger charge is 2.81. The number of aliphatic carboxylic acids is 4. The Morgan fingerprint density at radius 3 is 0.944 bits per heavy atom. The van der Waals surface area contributed by atoms with Gasteiger partial charge >= 0.3 is 23.9 Å². The Morgan fingerprint density at radius 1 is 0.667 bits per heavy atom. The van der Waals surface area contributed by atoms with Crippen molar-refractivity contribution in [1.82, 2.24) is 0 Å². The van der Waals surface area contributed by atoms with Crippen molar-refractivity contribution >= 4 is 23.9 Å². The van der Waals surface area contributed by atoms with Crippen LogP contribution in [-0.4, -0.2) is 44.3 Å². The summed E-state index contributed by atoms with van der Waals surface area (Å²) in [6.07, 6.45) is 0. The molecule has 0 radical (unpaired) electrons. The van der Waals surface area contributed by atoms with E-state index in [0.717, 1.165) is 13.8 Å². The Labute approximate surface area is 101 Å². The van der Waals surface area contributed by atoms with E-state index in [-0.39, 0.29) is 0 Å². The molecule has 1 aliphatic carbocycles. The predicted octanol–water partition coefficient (Wildman–Crippen LogP) is -0.417. The molecular formula is C10H12O8. The van der Waals surface area contributed by atoms with Crippen molar-refractivity contribution in [2.24, 2.45) is 22.7 Å². The SMILES string of the molecule is CC1C(C(=O)O)(C(=O)O)C(C)C1(C(=O)O)C(=O)O. The van der Waals surface area contributed by atoms with Gasteiger partial charge in [0.25, 0.3) is 0 Å². The Hall–Kier alpha value is -2.12. The van der Waals surface area contributed by atoms with E-state index in [1.54, 1.807) is 0 Å². The number of carboxylic acids is 4. The van der Waals surface area contributed by atoms with Crippen LogP contribution in [0.5, 0.6) is 0 Å². The molecule has 0 aliphatic heterocycles. The molecule has 8 heteroatoms. The van der Waals surface area contributed by atoms with Crippen LogP contribution in [-0.2, 0) is 19.2 Å². The third kappa shape index (κ3) is 1.09. The quantitative estimate of drug-likeness (QED) is 0.498. The maximum absolute atomic E-state index is 11.1. The molecule has 18 heavy (non-hydrogen) atoms. The Kier molecular flexibility index (Phi) is 2.86. The van der Waals surface area contributed by atoms with Crippen molar-refractivity contribution in [3.05, 3.63) is 0 Å². The second-order valence-electron chi connectivity index (χ2n) is 4.40. The van der Waals surface area contributed by atoms with Gasteiger partial charge in [-0.1, -0.05) is 13.8 Å². The fraction of sp³-hybridized carbons (Fsp3) is 0.600. The zero-order chi connectivity index (χ0) is 14.5. The van der Waals surface area contributed by atoms with Crippen LogP contribution in [0.2, 0.25) is 0 Å². The molecule has 100 valence electrons. The molecule has 1 aliphatic rings. The minimum atomic E-state index is -2.39. The molecule has 0 atom stereocenters. The molecule has 0 saturated heterocycles. The van der Waals surface area contributed by atoms with Gasteiger partial charge in [0, 0.05) is 11.8 Å². The smallest absolute Gasteiger partial charge is 0.321 e. The van der Waals surface area contributed by atoms with E-state index < -0.39 is 46.5 Å². The zero-order valence-corrected chi connectivity index (χ0v) is 9.58. The summed E-state index contributed by atoms with van der Waals surface area (Å²) in [5.74, 6) is -10.0. The van der Waals surface area contributed by atoms with Crippen LogP contribution in [0.4, 0.5) is 0 Å². The van der Waals surface area contributed by atoms with E-state index in [2.05, 4.69) is 0 Å². The van der Waals surface area contributed by atoms with Gasteiger partial charge in [-0.25, -0.2) is 0 Å². The Balaban J connectivity index is 3.47. The highest BCUT2D eigenvalue weighted by molar-refractivity contribution is 6.10. The summed E-state index contributed by atoms with van der Waals surface area (Å²) in [5, 5.41) is 36.1. The van der Waals surface area contributed by atoms with Crippen LogP contribution in [0.25, 0.3) is 0 Å². The molecule has 8 nitrogen and oxygen atoms in total. The topological polar surface area (TPSA) is 149 Å². The minimum absolute atomic E-state index is 1.02. The summed E-state index contributed by atoms with van der Waals surface area (Å²) in [4.78, 5) is 44.5. The predicted molar refractivity (Wildman–Crippen MR) is 53.7 cm³/mol. The van der Waals surface area contributed by atoms with Crippen LogP contribution in [0.3, 0.4) is 0 Å². The summed E-state index contributed by atoms with van der Waals surface area (Å²) in [5.41, 5.74) is -4.78. The van der Waals surface area contributed by atoms with Crippen LogP contribution in [0, 0.1) is 22.7 Å². The van der Waals surface area contributed by atoms with Crippen molar-refractivity contribution in [3.8, 4) is 0 Å². The van der Waals surface area contributed by atoms with Gasteiger partial charge in [0.05, 0.1) is 0 Å². The van der Waals surface area contributed by atoms with Crippen LogP contribution >= 0.6 is 0 Å². The molecule has 4 N–H and O–H groups in total. The second-order valence-corrected chi connectivity index (χ2v) is 4.40. The lowest BCUT2D eigenvalue weighted by Gasteiger charge is -2.57. The van der Waals surface area contributed by atoms with E-state index in [1.165, 1.54) is 0 Å². The van der Waals surface area contributed by atoms with Gasteiger partial charge in [0.2, 0.25) is 0 Å². The van der Waals surface area contributed by atoms with Gasteiger partial charge in [0.15, 0.2) is 10.8 Å². The maximum Gasteiger partial charge on any atom is 0.321 e. The molecule has 1 fully saturated rings. The summed E-state index contributed by atoms with van der Waals surface area (Å²) in [7, 11) is 0. The van der Waals surface area contributed by atoms with Crippen molar-refractivity contribution in [3.63, 3.8) is 0 Å². The second kappa shape index (κ2) is 3.69. The fourth-order valence-electron chi connectivity index (χ4n) is 3.04. The summed E-state index contributed by atoms with van der Waals surface area (Å²) in [6.45, 7) is 2.04. The number of rotatable bonds is 4. The third-order valence-corrected chi connectivity index (χ3v) is 4.15. The normalized spacial score (nSPS) is 27.9. The first kappa shape index (κ1) is 13.9. The Morgan fingerprint density at radius 2 is 0.833 bits per heavy atom. The molecule has 0 amide bonds. The largest absolute Gasteiger partial charge is 0.480 e. The third-order valence-electron chi connectivity index (χ3n) is 4.15. The molecule has 0 bridgehead atoms. The van der Waals surface area contributed by atoms with E-state index >= 15 is 0 Å². The van der Waals surface area contributed by atoms with Crippen LogP contribution < -0.4 is 0 Å². The van der Waals surface area contributed by atoms with E-state index in [4.69, 9.17) is 20.4 Å². The molecule has 0 aromatic heterocycles. The van der Waals surface area contributed by atoms with E-state index in [1.807, 2.05) is 0 Å². The molecule has 1 saturated carbocycles. The number of carboxylic acid groups (broad SMARTS) is 4. The van der Waals surface area contributed by atoms with Gasteiger partial charge in [-0.15, -0.1) is 0 Å². The Bertz CT molecular complexity index is 369. The average Bonchev–Trinajstić information content (AvgIpc) is 2.15. The molecule has 0 aromatic carbocycles. The van der Waals surface area contributed by atoms with Crippen LogP contribution in [0.1, 0.15) is 13.8 Å². The number of hydrogen-bond acceptors (Lipinski definition) is 4. The van der Waals surface area contributed by atoms with Crippen molar-refractivity contribution < 1.29 is 39.6 Å². The number of carbonyl (C=O) groups is 4. The summed E-state index contributed by atoms with van der Waals surface area (Å²) < 4.78 is 0. The highest BCUT2D eigenvalue weighted by Crippen LogP contribution is 2.64. The number of hydrogen-bond donors (Lipinski definition) is 4. The van der Waals surface area contributed by atoms with Gasteiger partial charge in [-0.2, -0.15) is 0 Å². The van der Waals surface area contributed by atoms with Gasteiger partial charge < -0.3 is 20.4 Å². The molecular weight excluding hydrogens is 248 g/mol. The average molecular weight is 260 g/mol. The minimum Gasteiger partial charge on any atom is -0.480 e. The molecule has 0 heterocycles. The van der Waals surface area contributed by atoms with Crippen molar-refractivity contribution in [2.75, 3.05) is 0 Å². The van der Waals surface area contributed by atoms with Crippen molar-refractivity contribution in [2.45, 2.75) is 13.8 Å². The lowest BCUT2D eigenvalue weighted by molar-refractivity contribution is -0.230. The van der Waals surface area contributed by atoms with E-state index in [9.17, 15) is 19.2 Å². The van der Waals surface area contributed by atoms with Gasteiger partial charge in [-0.05, 0) is 0 Å². The monoisotopic (exact) mass is 260 g/mol. The highest BCUT2D eigenvalue weighted by atomic mass is 16.4. The first-order valence-electron chi connectivity index (χ1n) is 5.02. The molecule has 0 spiro atoms. The summed E-state index contributed by atoms with van der Waals surface area (Å²) in [6, 6.07) is 0. The first-order chi connectivity index (χ1) is 8.08. The lowest BCUT2D eigenvalue weighted by Crippen LogP contribution is -2.74. The maximum atomic E-state index is 11.1. The lowest BCUT2D eigenvalue weighted by atomic mass is 9.39. The van der Waals surface area contributed by atoms with Crippen molar-refractivity contribution in [1.29, 1.82) is 0 Å². The molecule has 1 rings (SSSR count). The molecule has 0 unspecified atom stereocenters. The van der Waals surface area contributed by atoms with E-state index in [0.29, 0.717) is 0 Å². The first-order valence-corrected chi connectivity index (χ1v) is 5.02. The fourth-order valence-corrected chi connectivity index (χ4v) is 3.04. The van der Waals surface area contributed by atoms with Crippen LogP contribution in [0.15, 0.2) is 0 Å². The van der Waals surface area contributed by atoms with Gasteiger partial charge in [0.1, 0.15) is 0 Å². The van der Waals surface area contributed by atoms with Gasteiger partial charge in [-0.3, -0.25) is 19.2 Å². The molecule has 0 aromatic rings. The zero-order valence-electron chi connectivity index (χ0n) is 9.58. The summed E-state index contributed by atoms with van der Waals surface area (Å²) >= 11 is 0.